The fourth-order valence-corrected chi connectivity index (χ4v) is 3.35. The standard InChI is InChI=1S/C13H21N3OS/c1-4-17-13-9(2)12(14-8-15-13)16-10-6-5-7-11(10)18-3/h8,10-11H,4-7H2,1-3H3,(H,14,15,16). The molecule has 1 aliphatic rings. The third-order valence-corrected chi connectivity index (χ3v) is 4.57. The highest BCUT2D eigenvalue weighted by molar-refractivity contribution is 7.99. The van der Waals surface area contributed by atoms with Crippen molar-refractivity contribution in [2.75, 3.05) is 18.2 Å². The second-order valence-corrected chi connectivity index (χ2v) is 5.62. The number of rotatable bonds is 5. The first-order valence-corrected chi connectivity index (χ1v) is 7.78. The maximum Gasteiger partial charge on any atom is 0.221 e. The van der Waals surface area contributed by atoms with Gasteiger partial charge in [0.25, 0.3) is 0 Å². The van der Waals surface area contributed by atoms with Crippen LogP contribution in [-0.2, 0) is 0 Å². The van der Waals surface area contributed by atoms with Gasteiger partial charge in [-0.15, -0.1) is 0 Å². The van der Waals surface area contributed by atoms with Crippen LogP contribution in [-0.4, -0.2) is 34.1 Å². The lowest BCUT2D eigenvalue weighted by molar-refractivity contribution is 0.324. The maximum absolute atomic E-state index is 5.50. The van der Waals surface area contributed by atoms with Crippen LogP contribution in [0.3, 0.4) is 0 Å². The highest BCUT2D eigenvalue weighted by Crippen LogP contribution is 2.31. The molecule has 2 rings (SSSR count). The van der Waals surface area contributed by atoms with E-state index in [9.17, 15) is 0 Å². The van der Waals surface area contributed by atoms with Gasteiger partial charge in [-0.3, -0.25) is 0 Å². The van der Waals surface area contributed by atoms with Crippen molar-refractivity contribution in [1.82, 2.24) is 9.97 Å². The minimum absolute atomic E-state index is 0.517. The molecule has 0 bridgehead atoms. The molecule has 2 unspecified atom stereocenters. The Morgan fingerprint density at radius 3 is 3.00 bits per heavy atom. The molecule has 0 aliphatic heterocycles. The molecule has 1 fully saturated rings. The molecule has 0 spiro atoms. The summed E-state index contributed by atoms with van der Waals surface area (Å²) in [6.45, 7) is 4.61. The maximum atomic E-state index is 5.50. The third kappa shape index (κ3) is 2.88. The molecule has 1 N–H and O–H groups in total. The summed E-state index contributed by atoms with van der Waals surface area (Å²) in [6.07, 6.45) is 7.57. The van der Waals surface area contributed by atoms with Crippen LogP contribution in [0.25, 0.3) is 0 Å². The molecule has 0 amide bonds. The Bertz CT molecular complexity index is 400. The lowest BCUT2D eigenvalue weighted by Gasteiger charge is -2.21. The second kappa shape index (κ2) is 6.27. The normalized spacial score (nSPS) is 23.1. The van der Waals surface area contributed by atoms with Gasteiger partial charge >= 0.3 is 0 Å². The van der Waals surface area contributed by atoms with Crippen LogP contribution in [0.5, 0.6) is 5.88 Å². The zero-order valence-corrected chi connectivity index (χ0v) is 12.1. The van der Waals surface area contributed by atoms with E-state index in [1.807, 2.05) is 25.6 Å². The molecule has 1 aromatic rings. The fourth-order valence-electron chi connectivity index (χ4n) is 2.41. The Kier molecular flexibility index (Phi) is 4.69. The van der Waals surface area contributed by atoms with Gasteiger partial charge in [0.05, 0.1) is 12.2 Å². The predicted octanol–water partition coefficient (Wildman–Crippen LogP) is 2.88. The second-order valence-electron chi connectivity index (χ2n) is 4.54. The van der Waals surface area contributed by atoms with Gasteiger partial charge in [0.1, 0.15) is 12.1 Å². The summed E-state index contributed by atoms with van der Waals surface area (Å²) in [6, 6.07) is 0.517. The zero-order valence-electron chi connectivity index (χ0n) is 11.3. The first-order chi connectivity index (χ1) is 8.76. The van der Waals surface area contributed by atoms with E-state index in [4.69, 9.17) is 4.74 Å². The molecule has 0 aromatic carbocycles. The Balaban J connectivity index is 2.11. The van der Waals surface area contributed by atoms with Crippen molar-refractivity contribution in [2.24, 2.45) is 0 Å². The summed E-state index contributed by atoms with van der Waals surface area (Å²) in [4.78, 5) is 8.51. The number of ether oxygens (including phenoxy) is 1. The average molecular weight is 267 g/mol. The molecule has 1 heterocycles. The van der Waals surface area contributed by atoms with Gasteiger partial charge in [0, 0.05) is 11.3 Å². The van der Waals surface area contributed by atoms with E-state index in [0.717, 1.165) is 11.4 Å². The number of aromatic nitrogens is 2. The molecule has 0 radical (unpaired) electrons. The minimum Gasteiger partial charge on any atom is -0.478 e. The van der Waals surface area contributed by atoms with Gasteiger partial charge in [-0.1, -0.05) is 6.42 Å². The van der Waals surface area contributed by atoms with Crippen molar-refractivity contribution in [3.05, 3.63) is 11.9 Å². The van der Waals surface area contributed by atoms with E-state index in [1.165, 1.54) is 19.3 Å². The molecular formula is C13H21N3OS. The SMILES string of the molecule is CCOc1ncnc(NC2CCCC2SC)c1C. The van der Waals surface area contributed by atoms with Gasteiger partial charge in [0.15, 0.2) is 0 Å². The van der Waals surface area contributed by atoms with E-state index in [-0.39, 0.29) is 0 Å². The summed E-state index contributed by atoms with van der Waals surface area (Å²) < 4.78 is 5.50. The number of anilines is 1. The molecule has 100 valence electrons. The summed E-state index contributed by atoms with van der Waals surface area (Å²) in [5.41, 5.74) is 1.01. The van der Waals surface area contributed by atoms with Crippen LogP contribution < -0.4 is 10.1 Å². The molecule has 1 aliphatic carbocycles. The number of nitrogens with zero attached hydrogens (tertiary/aromatic N) is 2. The van der Waals surface area contributed by atoms with Crippen molar-refractivity contribution in [3.8, 4) is 5.88 Å². The summed E-state index contributed by atoms with van der Waals surface area (Å²) >= 11 is 1.94. The number of hydrogen-bond donors (Lipinski definition) is 1. The lowest BCUT2D eigenvalue weighted by Crippen LogP contribution is -2.26. The van der Waals surface area contributed by atoms with Gasteiger partial charge in [-0.05, 0) is 32.9 Å². The third-order valence-electron chi connectivity index (χ3n) is 3.40. The van der Waals surface area contributed by atoms with E-state index in [1.54, 1.807) is 6.33 Å². The fraction of sp³-hybridized carbons (Fsp3) is 0.692. The quantitative estimate of drug-likeness (QED) is 0.889. The smallest absolute Gasteiger partial charge is 0.221 e. The van der Waals surface area contributed by atoms with Crippen molar-refractivity contribution in [1.29, 1.82) is 0 Å². The van der Waals surface area contributed by atoms with E-state index >= 15 is 0 Å². The first kappa shape index (κ1) is 13.5. The number of hydrogen-bond acceptors (Lipinski definition) is 5. The van der Waals surface area contributed by atoms with E-state index in [2.05, 4.69) is 21.5 Å². The van der Waals surface area contributed by atoms with Crippen LogP contribution in [0.1, 0.15) is 31.7 Å². The van der Waals surface area contributed by atoms with Gasteiger partial charge in [0.2, 0.25) is 5.88 Å². The van der Waals surface area contributed by atoms with Crippen LogP contribution >= 0.6 is 11.8 Å². The highest BCUT2D eigenvalue weighted by atomic mass is 32.2. The van der Waals surface area contributed by atoms with Crippen LogP contribution in [0.15, 0.2) is 6.33 Å². The monoisotopic (exact) mass is 267 g/mol. The van der Waals surface area contributed by atoms with Crippen molar-refractivity contribution in [2.45, 2.75) is 44.4 Å². The zero-order chi connectivity index (χ0) is 13.0. The van der Waals surface area contributed by atoms with Crippen molar-refractivity contribution >= 4 is 17.6 Å². The first-order valence-electron chi connectivity index (χ1n) is 6.50. The Morgan fingerprint density at radius 2 is 2.28 bits per heavy atom. The van der Waals surface area contributed by atoms with Gasteiger partial charge in [-0.2, -0.15) is 11.8 Å². The number of nitrogens with one attached hydrogen (secondary N) is 1. The van der Waals surface area contributed by atoms with Gasteiger partial charge < -0.3 is 10.1 Å². The summed E-state index contributed by atoms with van der Waals surface area (Å²) in [7, 11) is 0. The van der Waals surface area contributed by atoms with Crippen molar-refractivity contribution < 1.29 is 4.74 Å². The van der Waals surface area contributed by atoms with Crippen LogP contribution in [0, 0.1) is 6.92 Å². The molecule has 0 saturated heterocycles. The topological polar surface area (TPSA) is 47.0 Å². The molecule has 4 nitrogen and oxygen atoms in total. The summed E-state index contributed by atoms with van der Waals surface area (Å²) in [5.74, 6) is 1.60. The van der Waals surface area contributed by atoms with Crippen LogP contribution in [0.2, 0.25) is 0 Å². The lowest BCUT2D eigenvalue weighted by atomic mass is 10.2. The Morgan fingerprint density at radius 1 is 1.44 bits per heavy atom. The average Bonchev–Trinajstić information content (AvgIpc) is 2.82. The van der Waals surface area contributed by atoms with Crippen molar-refractivity contribution in [3.63, 3.8) is 0 Å². The molecule has 1 aromatic heterocycles. The molecule has 5 heteroatoms. The molecule has 2 atom stereocenters. The largest absolute Gasteiger partial charge is 0.478 e. The Labute approximate surface area is 113 Å². The number of thioether (sulfide) groups is 1. The Hall–Kier alpha value is -0.970. The summed E-state index contributed by atoms with van der Waals surface area (Å²) in [5, 5.41) is 4.25. The van der Waals surface area contributed by atoms with E-state index < -0.39 is 0 Å². The van der Waals surface area contributed by atoms with Gasteiger partial charge in [-0.25, -0.2) is 9.97 Å². The molecule has 1 saturated carbocycles. The molecule has 18 heavy (non-hydrogen) atoms. The predicted molar refractivity (Wildman–Crippen MR) is 76.5 cm³/mol. The highest BCUT2D eigenvalue weighted by Gasteiger charge is 2.27. The van der Waals surface area contributed by atoms with E-state index in [0.29, 0.717) is 23.8 Å². The van der Waals surface area contributed by atoms with Crippen LogP contribution in [0.4, 0.5) is 5.82 Å². The molecular weight excluding hydrogens is 246 g/mol. The minimum atomic E-state index is 0.517.